The van der Waals surface area contributed by atoms with Crippen molar-refractivity contribution in [1.82, 2.24) is 19.1 Å². The van der Waals surface area contributed by atoms with Crippen LogP contribution >= 0.6 is 11.6 Å². The number of hydrogen-bond acceptors (Lipinski definition) is 7. The fourth-order valence-electron chi connectivity index (χ4n) is 3.25. The van der Waals surface area contributed by atoms with Crippen molar-refractivity contribution in [1.29, 1.82) is 0 Å². The molecule has 12 heteroatoms. The number of rotatable bonds is 8. The Morgan fingerprint density at radius 1 is 1.03 bits per heavy atom. The van der Waals surface area contributed by atoms with E-state index in [0.29, 0.717) is 16.5 Å². The second kappa shape index (κ2) is 10.7. The Labute approximate surface area is 208 Å². The molecule has 2 heterocycles. The van der Waals surface area contributed by atoms with Crippen LogP contribution < -0.4 is 21.7 Å². The molecular weight excluding hydrogens is 490 g/mol. The van der Waals surface area contributed by atoms with Gasteiger partial charge in [0, 0.05) is 23.7 Å². The zero-order chi connectivity index (χ0) is 25.7. The lowest BCUT2D eigenvalue weighted by Gasteiger charge is -2.11. The molecule has 184 valence electrons. The third kappa shape index (κ3) is 6.07. The number of H-pyrrole nitrogens is 1. The standard InChI is InChI=1S/C24H20ClN5O6/c25-16-6-4-15(5-7-16)14-30-22(28-23(34)29(24(30)35)13-12-21(32)33)26-17-8-10-18(11-9-17)36-20-3-1-2-19(31)27-20/h1-11H,12-14H2,(H,27,31)(H,32,33)(H,26,28,34). The van der Waals surface area contributed by atoms with E-state index in [1.165, 1.54) is 10.6 Å². The SMILES string of the molecule is O=C(O)CCn1c(=O)[nH]/c(=N\c2ccc(Oc3cccc(O)n3)cc2)n(Cc2ccc(Cl)cc2)c1=O. The van der Waals surface area contributed by atoms with Gasteiger partial charge in [-0.15, -0.1) is 0 Å². The Morgan fingerprint density at radius 3 is 2.42 bits per heavy atom. The molecule has 0 bridgehead atoms. The average molecular weight is 510 g/mol. The van der Waals surface area contributed by atoms with Crippen LogP contribution in [0.3, 0.4) is 0 Å². The van der Waals surface area contributed by atoms with Gasteiger partial charge in [-0.25, -0.2) is 19.1 Å². The molecule has 11 nitrogen and oxygen atoms in total. The Morgan fingerprint density at radius 2 is 1.75 bits per heavy atom. The van der Waals surface area contributed by atoms with Crippen LogP contribution in [0.4, 0.5) is 5.69 Å². The minimum absolute atomic E-state index is 0.0187. The molecule has 0 radical (unpaired) electrons. The van der Waals surface area contributed by atoms with Gasteiger partial charge in [0.2, 0.25) is 17.4 Å². The highest BCUT2D eigenvalue weighted by molar-refractivity contribution is 6.30. The summed E-state index contributed by atoms with van der Waals surface area (Å²) in [4.78, 5) is 47.5. The zero-order valence-electron chi connectivity index (χ0n) is 18.7. The normalized spacial score (nSPS) is 11.4. The third-order valence-electron chi connectivity index (χ3n) is 4.99. The van der Waals surface area contributed by atoms with Crippen molar-refractivity contribution in [2.75, 3.05) is 0 Å². The zero-order valence-corrected chi connectivity index (χ0v) is 19.4. The summed E-state index contributed by atoms with van der Waals surface area (Å²) in [6.07, 6.45) is -0.393. The second-order valence-electron chi connectivity index (χ2n) is 7.59. The van der Waals surface area contributed by atoms with Gasteiger partial charge in [0.1, 0.15) is 5.75 Å². The topological polar surface area (TPSA) is 152 Å². The van der Waals surface area contributed by atoms with Crippen molar-refractivity contribution >= 4 is 23.3 Å². The molecule has 0 aliphatic carbocycles. The van der Waals surface area contributed by atoms with Crippen LogP contribution in [0, 0.1) is 0 Å². The lowest BCUT2D eigenvalue weighted by Crippen LogP contribution is -2.50. The largest absolute Gasteiger partial charge is 0.493 e. The van der Waals surface area contributed by atoms with Gasteiger partial charge in [0.05, 0.1) is 18.7 Å². The van der Waals surface area contributed by atoms with Crippen molar-refractivity contribution in [2.24, 2.45) is 4.99 Å². The first-order chi connectivity index (χ1) is 17.3. The van der Waals surface area contributed by atoms with Crippen LogP contribution in [0.1, 0.15) is 12.0 Å². The van der Waals surface area contributed by atoms with Gasteiger partial charge in [-0.1, -0.05) is 29.8 Å². The molecule has 0 saturated heterocycles. The van der Waals surface area contributed by atoms with Crippen molar-refractivity contribution < 1.29 is 19.7 Å². The van der Waals surface area contributed by atoms with E-state index in [0.717, 1.165) is 10.1 Å². The molecule has 0 fully saturated rings. The molecule has 3 N–H and O–H groups in total. The van der Waals surface area contributed by atoms with Gasteiger partial charge in [-0.05, 0) is 42.0 Å². The number of aromatic amines is 1. The van der Waals surface area contributed by atoms with Crippen LogP contribution in [-0.4, -0.2) is 35.3 Å². The summed E-state index contributed by atoms with van der Waals surface area (Å²) in [6, 6.07) is 17.8. The number of carboxylic acid groups (broad SMARTS) is 1. The summed E-state index contributed by atoms with van der Waals surface area (Å²) in [6.45, 7) is -0.234. The number of aliphatic carboxylic acids is 1. The highest BCUT2D eigenvalue weighted by Crippen LogP contribution is 2.23. The number of ether oxygens (including phenoxy) is 1. The Bertz CT molecular complexity index is 1570. The maximum absolute atomic E-state index is 13.1. The summed E-state index contributed by atoms with van der Waals surface area (Å²) < 4.78 is 7.65. The lowest BCUT2D eigenvalue weighted by atomic mass is 10.2. The number of nitrogens with one attached hydrogen (secondary N) is 1. The van der Waals surface area contributed by atoms with Gasteiger partial charge >= 0.3 is 17.3 Å². The highest BCUT2D eigenvalue weighted by Gasteiger charge is 2.11. The highest BCUT2D eigenvalue weighted by atomic mass is 35.5. The smallest absolute Gasteiger partial charge is 0.335 e. The molecule has 4 rings (SSSR count). The number of hydrogen-bond donors (Lipinski definition) is 3. The first-order valence-corrected chi connectivity index (χ1v) is 11.0. The molecule has 0 atom stereocenters. The Hall–Kier alpha value is -4.64. The molecule has 0 saturated carbocycles. The van der Waals surface area contributed by atoms with Crippen molar-refractivity contribution in [3.8, 4) is 17.5 Å². The van der Waals surface area contributed by atoms with Crippen LogP contribution in [-0.2, 0) is 17.9 Å². The van der Waals surface area contributed by atoms with Crippen molar-refractivity contribution in [3.63, 3.8) is 0 Å². The molecule has 0 spiro atoms. The van der Waals surface area contributed by atoms with E-state index in [1.54, 1.807) is 60.7 Å². The van der Waals surface area contributed by atoms with E-state index < -0.39 is 23.8 Å². The van der Waals surface area contributed by atoms with Crippen LogP contribution in [0.25, 0.3) is 0 Å². The number of halogens is 1. The van der Waals surface area contributed by atoms with Gasteiger partial charge in [-0.2, -0.15) is 4.98 Å². The minimum atomic E-state index is -1.14. The molecule has 2 aromatic heterocycles. The fraction of sp³-hybridized carbons (Fsp3) is 0.125. The molecule has 0 aliphatic heterocycles. The number of pyridine rings is 1. The number of nitrogens with zero attached hydrogens (tertiary/aromatic N) is 4. The van der Waals surface area contributed by atoms with E-state index in [9.17, 15) is 19.5 Å². The molecule has 2 aromatic carbocycles. The van der Waals surface area contributed by atoms with E-state index in [1.807, 2.05) is 0 Å². The van der Waals surface area contributed by atoms with Gasteiger partial charge in [0.15, 0.2) is 0 Å². The van der Waals surface area contributed by atoms with Crippen molar-refractivity contribution in [2.45, 2.75) is 19.5 Å². The first-order valence-electron chi connectivity index (χ1n) is 10.7. The van der Waals surface area contributed by atoms with Crippen LogP contribution in [0.2, 0.25) is 5.02 Å². The fourth-order valence-corrected chi connectivity index (χ4v) is 3.38. The van der Waals surface area contributed by atoms with Gasteiger partial charge < -0.3 is 14.9 Å². The number of carbonyl (C=O) groups is 1. The molecule has 4 aromatic rings. The summed E-state index contributed by atoms with van der Waals surface area (Å²) in [5.41, 5.74) is -0.368. The summed E-state index contributed by atoms with van der Waals surface area (Å²) in [5.74, 6) is -0.678. The predicted octanol–water partition coefficient (Wildman–Crippen LogP) is 2.64. The van der Waals surface area contributed by atoms with Crippen LogP contribution in [0.15, 0.2) is 81.3 Å². The van der Waals surface area contributed by atoms with E-state index in [4.69, 9.17) is 21.4 Å². The molecular formula is C24H20ClN5O6. The Balaban J connectivity index is 1.72. The minimum Gasteiger partial charge on any atom is -0.493 e. The quantitative estimate of drug-likeness (QED) is 0.330. The molecule has 36 heavy (non-hydrogen) atoms. The molecule has 0 unspecified atom stereocenters. The first kappa shape index (κ1) is 24.5. The van der Waals surface area contributed by atoms with Crippen molar-refractivity contribution in [3.05, 3.63) is 104 Å². The maximum Gasteiger partial charge on any atom is 0.335 e. The van der Waals surface area contributed by atoms with Gasteiger partial charge in [-0.3, -0.25) is 14.3 Å². The van der Waals surface area contributed by atoms with Crippen LogP contribution in [0.5, 0.6) is 17.5 Å². The summed E-state index contributed by atoms with van der Waals surface area (Å²) in [7, 11) is 0. The second-order valence-corrected chi connectivity index (χ2v) is 8.02. The molecule has 0 aliphatic rings. The maximum atomic E-state index is 13.1. The third-order valence-corrected chi connectivity index (χ3v) is 5.24. The lowest BCUT2D eigenvalue weighted by molar-refractivity contribution is -0.137. The number of aromatic hydroxyl groups is 1. The van der Waals surface area contributed by atoms with E-state index in [-0.39, 0.29) is 30.5 Å². The monoisotopic (exact) mass is 509 g/mol. The average Bonchev–Trinajstić information content (AvgIpc) is 2.83. The molecule has 0 amide bonds. The van der Waals surface area contributed by atoms with E-state index >= 15 is 0 Å². The predicted molar refractivity (Wildman–Crippen MR) is 130 cm³/mol. The number of aromatic nitrogens is 4. The summed E-state index contributed by atoms with van der Waals surface area (Å²) >= 11 is 5.95. The number of carboxylic acids is 1. The van der Waals surface area contributed by atoms with E-state index in [2.05, 4.69) is 15.0 Å². The number of benzene rings is 2. The summed E-state index contributed by atoms with van der Waals surface area (Å²) in [5, 5.41) is 19.0. The Kier molecular flexibility index (Phi) is 7.31. The van der Waals surface area contributed by atoms with Gasteiger partial charge in [0.25, 0.3) is 0 Å².